The van der Waals surface area contributed by atoms with E-state index in [1.165, 1.54) is 0 Å². The summed E-state index contributed by atoms with van der Waals surface area (Å²) < 4.78 is 0. The average molecular weight is 405 g/mol. The maximum Gasteiger partial charge on any atom is 0.271 e. The molecule has 0 atom stereocenters. The van der Waals surface area contributed by atoms with Crippen LogP contribution in [0.25, 0.3) is 21.5 Å². The summed E-state index contributed by atoms with van der Waals surface area (Å²) in [7, 11) is 0. The van der Waals surface area contributed by atoms with Crippen LogP contribution in [-0.2, 0) is 0 Å². The lowest BCUT2D eigenvalue weighted by Crippen LogP contribution is -2.30. The summed E-state index contributed by atoms with van der Waals surface area (Å²) in [6, 6.07) is 16.9. The number of pyridine rings is 1. The zero-order chi connectivity index (χ0) is 20.1. The zero-order valence-electron chi connectivity index (χ0n) is 15.5. The highest BCUT2D eigenvalue weighted by Crippen LogP contribution is 2.22. The number of benzene rings is 1. The normalized spacial score (nSPS) is 10.8. The van der Waals surface area contributed by atoms with Gasteiger partial charge >= 0.3 is 0 Å². The minimum atomic E-state index is -0.244. The number of hydrogen-bond acceptors (Lipinski definition) is 5. The summed E-state index contributed by atoms with van der Waals surface area (Å²) in [6.45, 7) is 0.875. The van der Waals surface area contributed by atoms with E-state index in [0.29, 0.717) is 30.9 Å². The number of carbonyl (C=O) groups is 2. The molecule has 0 bridgehead atoms. The number of para-hydroxylation sites is 1. The van der Waals surface area contributed by atoms with Crippen molar-refractivity contribution in [1.82, 2.24) is 25.8 Å². The number of fused-ring (bicyclic) bond motifs is 1. The summed E-state index contributed by atoms with van der Waals surface area (Å²) in [5.41, 5.74) is 2.33. The molecule has 4 aromatic rings. The van der Waals surface area contributed by atoms with E-state index in [1.807, 2.05) is 47.8 Å². The number of aromatic nitrogens is 3. The standard InChI is InChI=1S/C21H19N5O2S/c27-20(16-9-8-14-5-1-2-6-15(14)24-16)22-10-4-11-23-21(28)18-13-17(25-26-18)19-7-3-12-29-19/h1-3,5-9,12-13H,4,10-11H2,(H,22,27)(H,23,28)(H,25,26). The molecule has 0 aliphatic heterocycles. The van der Waals surface area contributed by atoms with Crippen molar-refractivity contribution in [3.63, 3.8) is 0 Å². The Balaban J connectivity index is 1.22. The number of nitrogens with one attached hydrogen (secondary N) is 3. The number of rotatable bonds is 7. The van der Waals surface area contributed by atoms with Gasteiger partial charge in [-0.05, 0) is 36.1 Å². The Hall–Kier alpha value is -3.52. The Kier molecular flexibility index (Phi) is 5.62. The van der Waals surface area contributed by atoms with Gasteiger partial charge in [0.25, 0.3) is 11.8 Å². The Morgan fingerprint density at radius 3 is 2.52 bits per heavy atom. The molecule has 3 aromatic heterocycles. The lowest BCUT2D eigenvalue weighted by Gasteiger charge is -2.06. The van der Waals surface area contributed by atoms with Gasteiger partial charge in [-0.2, -0.15) is 5.10 Å². The predicted octanol–water partition coefficient (Wildman–Crippen LogP) is 3.24. The van der Waals surface area contributed by atoms with Crippen LogP contribution < -0.4 is 10.6 Å². The average Bonchev–Trinajstić information content (AvgIpc) is 3.44. The third-order valence-corrected chi connectivity index (χ3v) is 5.26. The van der Waals surface area contributed by atoms with Gasteiger partial charge < -0.3 is 10.6 Å². The van der Waals surface area contributed by atoms with Crippen LogP contribution in [0, 0.1) is 0 Å². The zero-order valence-corrected chi connectivity index (χ0v) is 16.3. The van der Waals surface area contributed by atoms with Gasteiger partial charge in [0, 0.05) is 18.5 Å². The Labute approximate surface area is 171 Å². The first-order chi connectivity index (χ1) is 14.2. The van der Waals surface area contributed by atoms with Gasteiger partial charge in [-0.15, -0.1) is 11.3 Å². The Morgan fingerprint density at radius 2 is 1.72 bits per heavy atom. The van der Waals surface area contributed by atoms with Gasteiger partial charge in [0.1, 0.15) is 5.69 Å². The van der Waals surface area contributed by atoms with Gasteiger partial charge in [0.05, 0.1) is 16.1 Å². The molecule has 0 fully saturated rings. The lowest BCUT2D eigenvalue weighted by atomic mass is 10.2. The third kappa shape index (κ3) is 4.49. The van der Waals surface area contributed by atoms with E-state index in [4.69, 9.17) is 0 Å². The van der Waals surface area contributed by atoms with Gasteiger partial charge in [-0.3, -0.25) is 14.7 Å². The maximum absolute atomic E-state index is 12.2. The number of nitrogens with zero attached hydrogens (tertiary/aromatic N) is 2. The van der Waals surface area contributed by atoms with Crippen molar-refractivity contribution < 1.29 is 9.59 Å². The molecule has 3 N–H and O–H groups in total. The van der Waals surface area contributed by atoms with E-state index in [9.17, 15) is 9.59 Å². The van der Waals surface area contributed by atoms with E-state index in [0.717, 1.165) is 21.5 Å². The second-order valence-corrected chi connectivity index (χ2v) is 7.35. The SMILES string of the molecule is O=C(NCCCNC(=O)c1ccc2ccccc2n1)c1cc(-c2cccs2)[nH]n1. The fourth-order valence-corrected chi connectivity index (χ4v) is 3.55. The van der Waals surface area contributed by atoms with Crippen molar-refractivity contribution >= 4 is 34.1 Å². The number of aromatic amines is 1. The van der Waals surface area contributed by atoms with Crippen LogP contribution >= 0.6 is 11.3 Å². The first kappa shape index (κ1) is 18.8. The van der Waals surface area contributed by atoms with Gasteiger partial charge in [-0.25, -0.2) is 4.98 Å². The van der Waals surface area contributed by atoms with Crippen molar-refractivity contribution in [3.8, 4) is 10.6 Å². The first-order valence-electron chi connectivity index (χ1n) is 9.22. The molecular weight excluding hydrogens is 386 g/mol. The molecule has 4 rings (SSSR count). The molecule has 3 heterocycles. The molecule has 0 saturated heterocycles. The van der Waals surface area contributed by atoms with Crippen LogP contribution in [0.2, 0.25) is 0 Å². The van der Waals surface area contributed by atoms with Gasteiger partial charge in [0.15, 0.2) is 5.69 Å². The minimum Gasteiger partial charge on any atom is -0.351 e. The van der Waals surface area contributed by atoms with Crippen molar-refractivity contribution in [1.29, 1.82) is 0 Å². The highest BCUT2D eigenvalue weighted by atomic mass is 32.1. The number of thiophene rings is 1. The smallest absolute Gasteiger partial charge is 0.271 e. The summed E-state index contributed by atoms with van der Waals surface area (Å²) in [4.78, 5) is 29.8. The van der Waals surface area contributed by atoms with Crippen LogP contribution in [0.15, 0.2) is 60.0 Å². The van der Waals surface area contributed by atoms with Crippen molar-refractivity contribution in [2.24, 2.45) is 0 Å². The van der Waals surface area contributed by atoms with E-state index in [1.54, 1.807) is 23.5 Å². The molecule has 146 valence electrons. The topological polar surface area (TPSA) is 99.8 Å². The van der Waals surface area contributed by atoms with E-state index < -0.39 is 0 Å². The predicted molar refractivity (Wildman–Crippen MR) is 113 cm³/mol. The number of carbonyl (C=O) groups excluding carboxylic acids is 2. The van der Waals surface area contributed by atoms with Crippen LogP contribution in [0.5, 0.6) is 0 Å². The highest BCUT2D eigenvalue weighted by Gasteiger charge is 2.12. The fraction of sp³-hybridized carbons (Fsp3) is 0.143. The van der Waals surface area contributed by atoms with E-state index >= 15 is 0 Å². The quantitative estimate of drug-likeness (QED) is 0.411. The number of hydrogen-bond donors (Lipinski definition) is 3. The summed E-state index contributed by atoms with van der Waals surface area (Å²) in [6.07, 6.45) is 0.604. The summed E-state index contributed by atoms with van der Waals surface area (Å²) in [5, 5.41) is 15.5. The molecule has 1 aromatic carbocycles. The summed E-state index contributed by atoms with van der Waals surface area (Å²) >= 11 is 1.58. The molecule has 0 aliphatic carbocycles. The third-order valence-electron chi connectivity index (χ3n) is 4.35. The molecule has 29 heavy (non-hydrogen) atoms. The first-order valence-corrected chi connectivity index (χ1v) is 10.1. The molecule has 0 spiro atoms. The molecular formula is C21H19N5O2S. The summed E-state index contributed by atoms with van der Waals surface area (Å²) in [5.74, 6) is -0.471. The van der Waals surface area contributed by atoms with E-state index in [-0.39, 0.29) is 11.8 Å². The Bertz CT molecular complexity index is 1140. The maximum atomic E-state index is 12.2. The lowest BCUT2D eigenvalue weighted by molar-refractivity contribution is 0.0947. The Morgan fingerprint density at radius 1 is 0.931 bits per heavy atom. The van der Waals surface area contributed by atoms with Crippen LogP contribution in [0.1, 0.15) is 27.4 Å². The monoisotopic (exact) mass is 405 g/mol. The largest absolute Gasteiger partial charge is 0.351 e. The molecule has 0 aliphatic rings. The highest BCUT2D eigenvalue weighted by molar-refractivity contribution is 7.13. The molecule has 0 unspecified atom stereocenters. The van der Waals surface area contributed by atoms with Crippen LogP contribution in [0.3, 0.4) is 0 Å². The molecule has 0 radical (unpaired) electrons. The minimum absolute atomic E-state index is 0.227. The second-order valence-electron chi connectivity index (χ2n) is 6.40. The second kappa shape index (κ2) is 8.66. The van der Waals surface area contributed by atoms with Crippen molar-refractivity contribution in [2.75, 3.05) is 13.1 Å². The molecule has 0 saturated carbocycles. The van der Waals surface area contributed by atoms with Crippen LogP contribution in [0.4, 0.5) is 0 Å². The van der Waals surface area contributed by atoms with Crippen molar-refractivity contribution in [2.45, 2.75) is 6.42 Å². The fourth-order valence-electron chi connectivity index (χ4n) is 2.86. The van der Waals surface area contributed by atoms with E-state index in [2.05, 4.69) is 25.8 Å². The van der Waals surface area contributed by atoms with Crippen LogP contribution in [-0.4, -0.2) is 40.1 Å². The van der Waals surface area contributed by atoms with Crippen molar-refractivity contribution in [3.05, 3.63) is 71.4 Å². The van der Waals surface area contributed by atoms with Gasteiger partial charge in [0.2, 0.25) is 0 Å². The molecule has 2 amide bonds. The van der Waals surface area contributed by atoms with Gasteiger partial charge in [-0.1, -0.05) is 30.3 Å². The number of H-pyrrole nitrogens is 1. The molecule has 7 nitrogen and oxygen atoms in total. The number of amides is 2. The molecule has 8 heteroatoms.